The molecule has 1 saturated carbocycles. The van der Waals surface area contributed by atoms with E-state index in [9.17, 15) is 4.79 Å². The number of furan rings is 1. The monoisotopic (exact) mass is 194 g/mol. The zero-order valence-electron chi connectivity index (χ0n) is 8.46. The zero-order valence-corrected chi connectivity index (χ0v) is 8.46. The summed E-state index contributed by atoms with van der Waals surface area (Å²) in [6.07, 6.45) is 3.31. The first-order valence-corrected chi connectivity index (χ1v) is 4.94. The lowest BCUT2D eigenvalue weighted by atomic mass is 9.82. The highest BCUT2D eigenvalue weighted by Crippen LogP contribution is 2.40. The minimum atomic E-state index is -0.860. The van der Waals surface area contributed by atoms with Gasteiger partial charge < -0.3 is 9.52 Å². The lowest BCUT2D eigenvalue weighted by Gasteiger charge is -2.23. The van der Waals surface area contributed by atoms with Crippen LogP contribution in [-0.4, -0.2) is 11.1 Å². The predicted octanol–water partition coefficient (Wildman–Crippen LogP) is 2.86. The lowest BCUT2D eigenvalue weighted by molar-refractivity contribution is 0.0692. The van der Waals surface area contributed by atoms with Crippen LogP contribution in [0.1, 0.15) is 52.6 Å². The van der Waals surface area contributed by atoms with Crippen molar-refractivity contribution in [2.45, 2.75) is 39.0 Å². The Balaban J connectivity index is 2.47. The molecule has 1 N–H and O–H groups in total. The second-order valence-electron chi connectivity index (χ2n) is 3.96. The molecule has 0 aromatic carbocycles. The fraction of sp³-hybridized carbons (Fsp3) is 0.545. The molecular weight excluding hydrogens is 180 g/mol. The van der Waals surface area contributed by atoms with Crippen molar-refractivity contribution in [3.05, 3.63) is 22.6 Å². The summed E-state index contributed by atoms with van der Waals surface area (Å²) in [4.78, 5) is 11.0. The quantitative estimate of drug-likeness (QED) is 0.787. The van der Waals surface area contributed by atoms with Crippen molar-refractivity contribution < 1.29 is 14.3 Å². The van der Waals surface area contributed by atoms with Crippen LogP contribution in [0, 0.1) is 13.8 Å². The lowest BCUT2D eigenvalue weighted by Crippen LogP contribution is -2.12. The summed E-state index contributed by atoms with van der Waals surface area (Å²) in [5.41, 5.74) is 1.17. The summed E-state index contributed by atoms with van der Waals surface area (Å²) in [7, 11) is 0. The molecule has 1 aliphatic carbocycles. The van der Waals surface area contributed by atoms with Crippen molar-refractivity contribution in [1.82, 2.24) is 0 Å². The molecule has 1 aromatic rings. The van der Waals surface area contributed by atoms with E-state index in [2.05, 4.69) is 0 Å². The molecule has 0 bridgehead atoms. The normalized spacial score (nSPS) is 16.7. The number of aromatic carboxylic acids is 1. The third kappa shape index (κ3) is 1.24. The average Bonchev–Trinajstić information content (AvgIpc) is 2.24. The van der Waals surface area contributed by atoms with Gasteiger partial charge in [0, 0.05) is 11.5 Å². The first kappa shape index (κ1) is 9.31. The Bertz CT molecular complexity index is 372. The van der Waals surface area contributed by atoms with Gasteiger partial charge in [-0.15, -0.1) is 0 Å². The molecule has 0 aliphatic heterocycles. The highest BCUT2D eigenvalue weighted by atomic mass is 16.4. The van der Waals surface area contributed by atoms with Crippen molar-refractivity contribution in [2.24, 2.45) is 0 Å². The third-order valence-corrected chi connectivity index (χ3v) is 3.10. The number of carbonyl (C=O) groups is 1. The second kappa shape index (κ2) is 3.15. The molecule has 0 spiro atoms. The van der Waals surface area contributed by atoms with Gasteiger partial charge in [-0.25, -0.2) is 4.79 Å². The van der Waals surface area contributed by atoms with Crippen LogP contribution in [0.5, 0.6) is 0 Å². The molecule has 0 atom stereocenters. The van der Waals surface area contributed by atoms with E-state index >= 15 is 0 Å². The Morgan fingerprint density at radius 3 is 2.50 bits per heavy atom. The molecule has 2 rings (SSSR count). The van der Waals surface area contributed by atoms with Crippen LogP contribution in [0.4, 0.5) is 0 Å². The van der Waals surface area contributed by atoms with E-state index in [0.29, 0.717) is 17.2 Å². The SMILES string of the molecule is Cc1oc(C2CCC2)c(C(=O)O)c1C. The maximum absolute atomic E-state index is 11.0. The summed E-state index contributed by atoms with van der Waals surface area (Å²) in [5, 5.41) is 9.07. The Labute approximate surface area is 82.7 Å². The molecule has 1 aliphatic rings. The number of carboxylic acid groups (broad SMARTS) is 1. The van der Waals surface area contributed by atoms with Crippen molar-refractivity contribution in [3.8, 4) is 0 Å². The van der Waals surface area contributed by atoms with E-state index in [-0.39, 0.29) is 0 Å². The van der Waals surface area contributed by atoms with Gasteiger partial charge in [-0.2, -0.15) is 0 Å². The highest BCUT2D eigenvalue weighted by molar-refractivity contribution is 5.91. The molecule has 1 fully saturated rings. The smallest absolute Gasteiger partial charge is 0.339 e. The third-order valence-electron chi connectivity index (χ3n) is 3.10. The Kier molecular flexibility index (Phi) is 2.10. The number of aryl methyl sites for hydroxylation is 1. The predicted molar refractivity (Wildman–Crippen MR) is 51.7 cm³/mol. The number of hydrogen-bond acceptors (Lipinski definition) is 2. The number of carboxylic acids is 1. The van der Waals surface area contributed by atoms with Gasteiger partial charge in [-0.1, -0.05) is 6.42 Å². The van der Waals surface area contributed by atoms with Crippen LogP contribution in [-0.2, 0) is 0 Å². The summed E-state index contributed by atoms with van der Waals surface area (Å²) < 4.78 is 5.53. The molecule has 3 nitrogen and oxygen atoms in total. The minimum absolute atomic E-state index is 0.341. The van der Waals surface area contributed by atoms with Crippen molar-refractivity contribution in [1.29, 1.82) is 0 Å². The molecule has 3 heteroatoms. The zero-order chi connectivity index (χ0) is 10.3. The van der Waals surface area contributed by atoms with E-state index in [1.54, 1.807) is 0 Å². The van der Waals surface area contributed by atoms with Gasteiger partial charge in [-0.05, 0) is 26.7 Å². The van der Waals surface area contributed by atoms with Gasteiger partial charge in [0.2, 0.25) is 0 Å². The van der Waals surface area contributed by atoms with Crippen LogP contribution in [0.15, 0.2) is 4.42 Å². The van der Waals surface area contributed by atoms with Gasteiger partial charge in [0.05, 0.1) is 0 Å². The molecule has 1 aromatic heterocycles. The molecular formula is C11H14O3. The van der Waals surface area contributed by atoms with Gasteiger partial charge in [0.25, 0.3) is 0 Å². The summed E-state index contributed by atoms with van der Waals surface area (Å²) in [5.74, 6) is 0.915. The standard InChI is InChI=1S/C11H14O3/c1-6-7(2)14-10(8-4-3-5-8)9(6)11(12)13/h8H,3-5H2,1-2H3,(H,12,13). The number of rotatable bonds is 2. The molecule has 0 unspecified atom stereocenters. The van der Waals surface area contributed by atoms with Crippen LogP contribution in [0.2, 0.25) is 0 Å². The topological polar surface area (TPSA) is 50.4 Å². The fourth-order valence-corrected chi connectivity index (χ4v) is 1.88. The van der Waals surface area contributed by atoms with E-state index in [0.717, 1.165) is 24.2 Å². The Morgan fingerprint density at radius 1 is 1.43 bits per heavy atom. The summed E-state index contributed by atoms with van der Waals surface area (Å²) >= 11 is 0. The average molecular weight is 194 g/mol. The number of hydrogen-bond donors (Lipinski definition) is 1. The molecule has 0 amide bonds. The van der Waals surface area contributed by atoms with Crippen LogP contribution < -0.4 is 0 Å². The van der Waals surface area contributed by atoms with Crippen molar-refractivity contribution in [2.75, 3.05) is 0 Å². The van der Waals surface area contributed by atoms with Crippen molar-refractivity contribution >= 4 is 5.97 Å². The second-order valence-corrected chi connectivity index (χ2v) is 3.96. The van der Waals surface area contributed by atoms with Crippen LogP contribution in [0.3, 0.4) is 0 Å². The van der Waals surface area contributed by atoms with Gasteiger partial charge in [-0.3, -0.25) is 0 Å². The summed E-state index contributed by atoms with van der Waals surface area (Å²) in [6, 6.07) is 0. The molecule has 0 saturated heterocycles. The minimum Gasteiger partial charge on any atom is -0.478 e. The van der Waals surface area contributed by atoms with E-state index < -0.39 is 5.97 Å². The Morgan fingerprint density at radius 2 is 2.07 bits per heavy atom. The summed E-state index contributed by atoms with van der Waals surface area (Å²) in [6.45, 7) is 3.63. The maximum atomic E-state index is 11.0. The largest absolute Gasteiger partial charge is 0.478 e. The fourth-order valence-electron chi connectivity index (χ4n) is 1.88. The van der Waals surface area contributed by atoms with E-state index in [4.69, 9.17) is 9.52 Å². The van der Waals surface area contributed by atoms with E-state index in [1.807, 2.05) is 13.8 Å². The molecule has 76 valence electrons. The van der Waals surface area contributed by atoms with Gasteiger partial charge in [0.1, 0.15) is 17.1 Å². The first-order valence-electron chi connectivity index (χ1n) is 4.94. The van der Waals surface area contributed by atoms with E-state index in [1.165, 1.54) is 6.42 Å². The molecule has 0 radical (unpaired) electrons. The van der Waals surface area contributed by atoms with Crippen LogP contribution in [0.25, 0.3) is 0 Å². The van der Waals surface area contributed by atoms with Gasteiger partial charge in [0.15, 0.2) is 0 Å². The maximum Gasteiger partial charge on any atom is 0.339 e. The first-order chi connectivity index (χ1) is 6.61. The Hall–Kier alpha value is -1.25. The molecule has 1 heterocycles. The van der Waals surface area contributed by atoms with Crippen LogP contribution >= 0.6 is 0 Å². The molecule has 14 heavy (non-hydrogen) atoms. The van der Waals surface area contributed by atoms with Gasteiger partial charge >= 0.3 is 5.97 Å². The highest BCUT2D eigenvalue weighted by Gasteiger charge is 2.30. The van der Waals surface area contributed by atoms with Crippen molar-refractivity contribution in [3.63, 3.8) is 0 Å².